The monoisotopic (exact) mass is 321 g/mol. The number of nitrogens with two attached hydrogens (primary N) is 1. The third-order valence-corrected chi connectivity index (χ3v) is 5.79. The summed E-state index contributed by atoms with van der Waals surface area (Å²) in [6.45, 7) is 0. The van der Waals surface area contributed by atoms with Gasteiger partial charge in [-0.25, -0.2) is 0 Å². The van der Waals surface area contributed by atoms with E-state index < -0.39 is 0 Å². The molecule has 1 aromatic heterocycles. The van der Waals surface area contributed by atoms with E-state index in [4.69, 9.17) is 5.73 Å². The van der Waals surface area contributed by atoms with Crippen LogP contribution in [0, 0.1) is 5.92 Å². The zero-order valence-electron chi connectivity index (χ0n) is 10.1. The summed E-state index contributed by atoms with van der Waals surface area (Å²) >= 11 is 5.44. The van der Waals surface area contributed by atoms with Crippen molar-refractivity contribution >= 4 is 27.3 Å². The van der Waals surface area contributed by atoms with Crippen molar-refractivity contribution in [2.24, 2.45) is 11.7 Å². The Labute approximate surface area is 120 Å². The van der Waals surface area contributed by atoms with Gasteiger partial charge >= 0.3 is 0 Å². The second-order valence-electron chi connectivity index (χ2n) is 4.92. The number of thiophene rings is 1. The first kappa shape index (κ1) is 12.4. The lowest BCUT2D eigenvalue weighted by Gasteiger charge is -2.31. The smallest absolute Gasteiger partial charge is 0.0329 e. The lowest BCUT2D eigenvalue weighted by atomic mass is 9.78. The van der Waals surface area contributed by atoms with Crippen LogP contribution in [0.25, 0.3) is 0 Å². The van der Waals surface area contributed by atoms with E-state index in [-0.39, 0.29) is 6.04 Å². The fraction of sp³-hybridized carbons (Fsp3) is 0.333. The second-order valence-corrected chi connectivity index (χ2v) is 6.77. The Bertz CT molecular complexity index is 549. The Morgan fingerprint density at radius 3 is 2.89 bits per heavy atom. The Balaban J connectivity index is 1.83. The average molecular weight is 322 g/mol. The van der Waals surface area contributed by atoms with Gasteiger partial charge in [-0.1, -0.05) is 24.3 Å². The maximum absolute atomic E-state index is 6.45. The van der Waals surface area contributed by atoms with Gasteiger partial charge in [0.1, 0.15) is 0 Å². The number of benzene rings is 1. The summed E-state index contributed by atoms with van der Waals surface area (Å²) in [4.78, 5) is 1.43. The lowest BCUT2D eigenvalue weighted by Crippen LogP contribution is -2.28. The molecule has 18 heavy (non-hydrogen) atoms. The fourth-order valence-corrected chi connectivity index (χ4v) is 4.41. The van der Waals surface area contributed by atoms with Crippen LogP contribution in [0.5, 0.6) is 0 Å². The van der Waals surface area contributed by atoms with Crippen LogP contribution in [0.15, 0.2) is 40.2 Å². The molecule has 2 N–H and O–H groups in total. The first-order valence-corrected chi connectivity index (χ1v) is 7.98. The molecule has 0 fully saturated rings. The van der Waals surface area contributed by atoms with Gasteiger partial charge in [0, 0.05) is 15.4 Å². The number of hydrogen-bond donors (Lipinski definition) is 1. The van der Waals surface area contributed by atoms with E-state index >= 15 is 0 Å². The van der Waals surface area contributed by atoms with Crippen LogP contribution < -0.4 is 5.73 Å². The highest BCUT2D eigenvalue weighted by Gasteiger charge is 2.27. The minimum Gasteiger partial charge on any atom is -0.324 e. The molecule has 1 aliphatic rings. The molecule has 0 spiro atoms. The summed E-state index contributed by atoms with van der Waals surface area (Å²) < 4.78 is 1.23. The molecule has 3 heteroatoms. The number of rotatable bonds is 2. The minimum atomic E-state index is 0.184. The maximum atomic E-state index is 6.45. The maximum Gasteiger partial charge on any atom is 0.0329 e. The summed E-state index contributed by atoms with van der Waals surface area (Å²) in [5.41, 5.74) is 9.23. The normalized spacial score (nSPS) is 22.8. The number of fused-ring (bicyclic) bond motifs is 1. The van der Waals surface area contributed by atoms with E-state index in [1.54, 1.807) is 0 Å². The average Bonchev–Trinajstić information content (AvgIpc) is 2.79. The highest BCUT2D eigenvalue weighted by Crippen LogP contribution is 2.37. The van der Waals surface area contributed by atoms with E-state index in [1.165, 1.54) is 26.9 Å². The molecule has 0 amide bonds. The first-order valence-electron chi connectivity index (χ1n) is 6.31. The summed E-state index contributed by atoms with van der Waals surface area (Å²) in [6.07, 6.45) is 3.45. The predicted octanol–water partition coefficient (Wildman–Crippen LogP) is 4.32. The molecule has 0 aliphatic heterocycles. The predicted molar refractivity (Wildman–Crippen MR) is 80.9 cm³/mol. The third kappa shape index (κ3) is 2.27. The lowest BCUT2D eigenvalue weighted by molar-refractivity contribution is 0.378. The van der Waals surface area contributed by atoms with Crippen molar-refractivity contribution in [2.75, 3.05) is 0 Å². The molecule has 0 saturated carbocycles. The van der Waals surface area contributed by atoms with Crippen LogP contribution in [0.4, 0.5) is 0 Å². The SMILES string of the molecule is NC1c2ccccc2CCC1Cc1sccc1Br. The van der Waals surface area contributed by atoms with Crippen molar-refractivity contribution in [3.05, 3.63) is 56.2 Å². The number of hydrogen-bond acceptors (Lipinski definition) is 2. The van der Waals surface area contributed by atoms with Gasteiger partial charge in [0.05, 0.1) is 0 Å². The molecular formula is C15H16BrNS. The van der Waals surface area contributed by atoms with Gasteiger partial charge < -0.3 is 5.73 Å². The largest absolute Gasteiger partial charge is 0.324 e. The number of halogens is 1. The molecular weight excluding hydrogens is 306 g/mol. The molecule has 1 aliphatic carbocycles. The molecule has 94 valence electrons. The Morgan fingerprint density at radius 1 is 1.28 bits per heavy atom. The second kappa shape index (κ2) is 5.16. The van der Waals surface area contributed by atoms with E-state index in [0.29, 0.717) is 5.92 Å². The fourth-order valence-electron chi connectivity index (χ4n) is 2.80. The van der Waals surface area contributed by atoms with Crippen LogP contribution in [0.1, 0.15) is 28.5 Å². The highest BCUT2D eigenvalue weighted by molar-refractivity contribution is 9.10. The van der Waals surface area contributed by atoms with E-state index in [0.717, 1.165) is 12.8 Å². The molecule has 1 nitrogen and oxygen atoms in total. The molecule has 2 atom stereocenters. The van der Waals surface area contributed by atoms with Crippen molar-refractivity contribution in [1.82, 2.24) is 0 Å². The van der Waals surface area contributed by atoms with Crippen LogP contribution in [0.3, 0.4) is 0 Å². The van der Waals surface area contributed by atoms with Crippen molar-refractivity contribution < 1.29 is 0 Å². The summed E-state index contributed by atoms with van der Waals surface area (Å²) in [6, 6.07) is 10.9. The molecule has 3 rings (SSSR count). The Kier molecular flexibility index (Phi) is 3.55. The van der Waals surface area contributed by atoms with E-state index in [1.807, 2.05) is 11.3 Å². The quantitative estimate of drug-likeness (QED) is 0.876. The van der Waals surface area contributed by atoms with Gasteiger partial charge in [0.15, 0.2) is 0 Å². The first-order chi connectivity index (χ1) is 8.75. The molecule has 0 saturated heterocycles. The van der Waals surface area contributed by atoms with Crippen molar-refractivity contribution in [2.45, 2.75) is 25.3 Å². The van der Waals surface area contributed by atoms with Gasteiger partial charge in [0.25, 0.3) is 0 Å². The van der Waals surface area contributed by atoms with Crippen LogP contribution >= 0.6 is 27.3 Å². The molecule has 1 aromatic carbocycles. The van der Waals surface area contributed by atoms with E-state index in [9.17, 15) is 0 Å². The molecule has 0 bridgehead atoms. The molecule has 1 heterocycles. The van der Waals surface area contributed by atoms with Gasteiger partial charge in [0.2, 0.25) is 0 Å². The van der Waals surface area contributed by atoms with Crippen LogP contribution in [0.2, 0.25) is 0 Å². The van der Waals surface area contributed by atoms with Gasteiger partial charge in [-0.2, -0.15) is 0 Å². The minimum absolute atomic E-state index is 0.184. The standard InChI is InChI=1S/C15H16BrNS/c16-13-7-8-18-14(13)9-11-6-5-10-3-1-2-4-12(10)15(11)17/h1-4,7-8,11,15H,5-6,9,17H2. The summed E-state index contributed by atoms with van der Waals surface area (Å²) in [5, 5.41) is 2.14. The molecule has 0 radical (unpaired) electrons. The van der Waals surface area contributed by atoms with Crippen molar-refractivity contribution in [1.29, 1.82) is 0 Å². The highest BCUT2D eigenvalue weighted by atomic mass is 79.9. The summed E-state index contributed by atoms with van der Waals surface area (Å²) in [7, 11) is 0. The molecule has 2 aromatic rings. The zero-order chi connectivity index (χ0) is 12.5. The zero-order valence-corrected chi connectivity index (χ0v) is 12.5. The topological polar surface area (TPSA) is 26.0 Å². The van der Waals surface area contributed by atoms with Crippen molar-refractivity contribution in [3.8, 4) is 0 Å². The number of aryl methyl sites for hydroxylation is 1. The van der Waals surface area contributed by atoms with Crippen LogP contribution in [-0.4, -0.2) is 0 Å². The van der Waals surface area contributed by atoms with Crippen LogP contribution in [-0.2, 0) is 12.8 Å². The van der Waals surface area contributed by atoms with Crippen molar-refractivity contribution in [3.63, 3.8) is 0 Å². The van der Waals surface area contributed by atoms with Gasteiger partial charge in [-0.05, 0) is 63.7 Å². The Morgan fingerprint density at radius 2 is 2.11 bits per heavy atom. The molecule has 2 unspecified atom stereocenters. The van der Waals surface area contributed by atoms with Gasteiger partial charge in [-0.15, -0.1) is 11.3 Å². The third-order valence-electron chi connectivity index (χ3n) is 3.85. The Hall–Kier alpha value is -0.640. The van der Waals surface area contributed by atoms with E-state index in [2.05, 4.69) is 51.6 Å². The van der Waals surface area contributed by atoms with Gasteiger partial charge in [-0.3, -0.25) is 0 Å². The summed E-state index contributed by atoms with van der Waals surface area (Å²) in [5.74, 6) is 0.565.